The number of nitrogens with one attached hydrogen (secondary N) is 2. The molecule has 1 unspecified atom stereocenters. The molecule has 1 amide bonds. The Hall–Kier alpha value is -0.610. The Balaban J connectivity index is 3.67. The van der Waals surface area contributed by atoms with Crippen molar-refractivity contribution >= 4 is 5.91 Å². The van der Waals surface area contributed by atoms with Crippen molar-refractivity contribution in [3.05, 3.63) is 0 Å². The fourth-order valence-corrected chi connectivity index (χ4v) is 1.41. The SMILES string of the molecule is CCCCNC(=O)C(CCCCN)NC. The van der Waals surface area contributed by atoms with Crippen molar-refractivity contribution < 1.29 is 4.79 Å². The first-order valence-electron chi connectivity index (χ1n) is 5.91. The van der Waals surface area contributed by atoms with Crippen LogP contribution in [0.15, 0.2) is 0 Å². The first-order valence-corrected chi connectivity index (χ1v) is 5.91. The van der Waals surface area contributed by atoms with Crippen LogP contribution in [0.4, 0.5) is 0 Å². The Kier molecular flexibility index (Phi) is 9.52. The molecule has 90 valence electrons. The molecule has 0 rings (SSSR count). The van der Waals surface area contributed by atoms with Gasteiger partial charge in [-0.3, -0.25) is 4.79 Å². The van der Waals surface area contributed by atoms with E-state index in [9.17, 15) is 4.79 Å². The molecule has 0 spiro atoms. The van der Waals surface area contributed by atoms with E-state index in [1.165, 1.54) is 0 Å². The summed E-state index contributed by atoms with van der Waals surface area (Å²) in [4.78, 5) is 11.6. The van der Waals surface area contributed by atoms with Crippen molar-refractivity contribution in [1.82, 2.24) is 10.6 Å². The highest BCUT2D eigenvalue weighted by atomic mass is 16.2. The quantitative estimate of drug-likeness (QED) is 0.494. The van der Waals surface area contributed by atoms with Gasteiger partial charge in [0.15, 0.2) is 0 Å². The summed E-state index contributed by atoms with van der Waals surface area (Å²) in [6.07, 6.45) is 5.01. The molecule has 0 heterocycles. The molecular weight excluding hydrogens is 190 g/mol. The molecule has 4 nitrogen and oxygen atoms in total. The predicted octanol–water partition coefficient (Wildman–Crippen LogP) is 0.620. The van der Waals surface area contributed by atoms with Gasteiger partial charge in [-0.2, -0.15) is 0 Å². The molecule has 0 bridgehead atoms. The normalized spacial score (nSPS) is 12.5. The number of likely N-dealkylation sites (N-methyl/N-ethyl adjacent to an activating group) is 1. The molecule has 0 aromatic carbocycles. The number of nitrogens with two attached hydrogens (primary N) is 1. The lowest BCUT2D eigenvalue weighted by atomic mass is 10.1. The summed E-state index contributed by atoms with van der Waals surface area (Å²) in [7, 11) is 1.83. The molecule has 0 fully saturated rings. The molecule has 0 radical (unpaired) electrons. The largest absolute Gasteiger partial charge is 0.355 e. The smallest absolute Gasteiger partial charge is 0.237 e. The van der Waals surface area contributed by atoms with Crippen molar-refractivity contribution in [2.45, 2.75) is 45.1 Å². The van der Waals surface area contributed by atoms with Gasteiger partial charge in [0.05, 0.1) is 6.04 Å². The van der Waals surface area contributed by atoms with Crippen molar-refractivity contribution in [3.63, 3.8) is 0 Å². The molecule has 0 aliphatic carbocycles. The molecule has 0 aliphatic heterocycles. The second kappa shape index (κ2) is 9.93. The van der Waals surface area contributed by atoms with Gasteiger partial charge in [-0.1, -0.05) is 19.8 Å². The first-order chi connectivity index (χ1) is 7.26. The second-order valence-corrected chi connectivity index (χ2v) is 3.77. The maximum Gasteiger partial charge on any atom is 0.237 e. The van der Waals surface area contributed by atoms with Crippen LogP contribution >= 0.6 is 0 Å². The molecule has 0 saturated heterocycles. The van der Waals surface area contributed by atoms with Crippen LogP contribution in [0.5, 0.6) is 0 Å². The lowest BCUT2D eigenvalue weighted by Crippen LogP contribution is -2.42. The average Bonchev–Trinajstić information content (AvgIpc) is 2.24. The summed E-state index contributed by atoms with van der Waals surface area (Å²) in [5, 5.41) is 5.96. The summed E-state index contributed by atoms with van der Waals surface area (Å²) >= 11 is 0. The number of unbranched alkanes of at least 4 members (excludes halogenated alkanes) is 2. The van der Waals surface area contributed by atoms with Crippen LogP contribution in [0.3, 0.4) is 0 Å². The van der Waals surface area contributed by atoms with Gasteiger partial charge in [-0.15, -0.1) is 0 Å². The van der Waals surface area contributed by atoms with Crippen LogP contribution in [0.1, 0.15) is 39.0 Å². The Bertz CT molecular complexity index is 162. The van der Waals surface area contributed by atoms with Gasteiger partial charge in [-0.25, -0.2) is 0 Å². The summed E-state index contributed by atoms with van der Waals surface area (Å²) in [5.41, 5.74) is 5.41. The zero-order chi connectivity index (χ0) is 11.5. The van der Waals surface area contributed by atoms with E-state index in [0.717, 1.165) is 38.6 Å². The zero-order valence-corrected chi connectivity index (χ0v) is 10.0. The van der Waals surface area contributed by atoms with E-state index in [2.05, 4.69) is 17.6 Å². The zero-order valence-electron chi connectivity index (χ0n) is 10.0. The minimum Gasteiger partial charge on any atom is -0.355 e. The number of carbonyl (C=O) groups excluding carboxylic acids is 1. The van der Waals surface area contributed by atoms with Gasteiger partial charge < -0.3 is 16.4 Å². The third kappa shape index (κ3) is 7.33. The first kappa shape index (κ1) is 14.4. The third-order valence-corrected chi connectivity index (χ3v) is 2.44. The number of carbonyl (C=O) groups is 1. The van der Waals surface area contributed by atoms with Crippen molar-refractivity contribution in [1.29, 1.82) is 0 Å². The fourth-order valence-electron chi connectivity index (χ4n) is 1.41. The van der Waals surface area contributed by atoms with Gasteiger partial charge in [0.2, 0.25) is 5.91 Å². The van der Waals surface area contributed by atoms with Crippen LogP contribution in [0.2, 0.25) is 0 Å². The Morgan fingerprint density at radius 3 is 2.60 bits per heavy atom. The summed E-state index contributed by atoms with van der Waals surface area (Å²) in [6, 6.07) is -0.0617. The molecule has 1 atom stereocenters. The Labute approximate surface area is 93.0 Å². The molecule has 0 saturated carbocycles. The molecule has 15 heavy (non-hydrogen) atoms. The highest BCUT2D eigenvalue weighted by Gasteiger charge is 2.14. The summed E-state index contributed by atoms with van der Waals surface area (Å²) < 4.78 is 0. The molecular formula is C11H25N3O. The second-order valence-electron chi connectivity index (χ2n) is 3.77. The van der Waals surface area contributed by atoms with Gasteiger partial charge in [0.25, 0.3) is 0 Å². The van der Waals surface area contributed by atoms with Crippen molar-refractivity contribution in [3.8, 4) is 0 Å². The topological polar surface area (TPSA) is 67.2 Å². The van der Waals surface area contributed by atoms with Gasteiger partial charge in [-0.05, 0) is 32.9 Å². The molecule has 4 N–H and O–H groups in total. The van der Waals surface area contributed by atoms with E-state index >= 15 is 0 Å². The number of hydrogen-bond acceptors (Lipinski definition) is 3. The molecule has 0 aromatic heterocycles. The van der Waals surface area contributed by atoms with Gasteiger partial charge >= 0.3 is 0 Å². The number of hydrogen-bond donors (Lipinski definition) is 3. The monoisotopic (exact) mass is 215 g/mol. The fraction of sp³-hybridized carbons (Fsp3) is 0.909. The highest BCUT2D eigenvalue weighted by Crippen LogP contribution is 2.00. The van der Waals surface area contributed by atoms with E-state index in [1.54, 1.807) is 0 Å². The standard InChI is InChI=1S/C11H25N3O/c1-3-4-9-14-11(15)10(13-2)7-5-6-8-12/h10,13H,3-9,12H2,1-2H3,(H,14,15). The Morgan fingerprint density at radius 2 is 2.07 bits per heavy atom. The molecule has 0 aliphatic rings. The van der Waals surface area contributed by atoms with E-state index in [-0.39, 0.29) is 11.9 Å². The van der Waals surface area contributed by atoms with Crippen LogP contribution < -0.4 is 16.4 Å². The van der Waals surface area contributed by atoms with Crippen LogP contribution in [0, 0.1) is 0 Å². The molecule has 4 heteroatoms. The lowest BCUT2D eigenvalue weighted by Gasteiger charge is -2.15. The van der Waals surface area contributed by atoms with E-state index < -0.39 is 0 Å². The predicted molar refractivity (Wildman–Crippen MR) is 63.7 cm³/mol. The lowest BCUT2D eigenvalue weighted by molar-refractivity contribution is -0.123. The minimum atomic E-state index is -0.0617. The number of rotatable bonds is 9. The van der Waals surface area contributed by atoms with E-state index in [1.807, 2.05) is 7.05 Å². The molecule has 0 aromatic rings. The third-order valence-electron chi connectivity index (χ3n) is 2.44. The van der Waals surface area contributed by atoms with E-state index in [4.69, 9.17) is 5.73 Å². The van der Waals surface area contributed by atoms with Gasteiger partial charge in [0, 0.05) is 6.54 Å². The van der Waals surface area contributed by atoms with Crippen LogP contribution in [0.25, 0.3) is 0 Å². The van der Waals surface area contributed by atoms with Crippen LogP contribution in [-0.4, -0.2) is 32.1 Å². The summed E-state index contributed by atoms with van der Waals surface area (Å²) in [5.74, 6) is 0.114. The van der Waals surface area contributed by atoms with Gasteiger partial charge in [0.1, 0.15) is 0 Å². The van der Waals surface area contributed by atoms with Crippen molar-refractivity contribution in [2.24, 2.45) is 5.73 Å². The summed E-state index contributed by atoms with van der Waals surface area (Å²) in [6.45, 7) is 3.60. The number of amides is 1. The van der Waals surface area contributed by atoms with Crippen LogP contribution in [-0.2, 0) is 4.79 Å². The Morgan fingerprint density at radius 1 is 1.33 bits per heavy atom. The maximum absolute atomic E-state index is 11.6. The maximum atomic E-state index is 11.6. The minimum absolute atomic E-state index is 0.0617. The highest BCUT2D eigenvalue weighted by molar-refractivity contribution is 5.81. The van der Waals surface area contributed by atoms with E-state index in [0.29, 0.717) is 6.54 Å². The van der Waals surface area contributed by atoms with Crippen molar-refractivity contribution in [2.75, 3.05) is 20.1 Å². The average molecular weight is 215 g/mol.